The van der Waals surface area contributed by atoms with Crippen LogP contribution in [0.5, 0.6) is 5.75 Å². The standard InChI is InChI=1S/C18H17Br2NO4/c1-24-16-6-4-3-5-11(16)9-15(18(23)25-2)21-17(22)12-7-13(19)10-14(20)8-12/h3-8,10,15H,9H2,1-2H3,(H,21,22)/t15-/m0/s1. The van der Waals surface area contributed by atoms with Gasteiger partial charge in [-0.05, 0) is 29.8 Å². The summed E-state index contributed by atoms with van der Waals surface area (Å²) in [6.07, 6.45) is 0.262. The molecule has 1 amide bonds. The van der Waals surface area contributed by atoms with E-state index in [9.17, 15) is 9.59 Å². The number of nitrogens with one attached hydrogen (secondary N) is 1. The summed E-state index contributed by atoms with van der Waals surface area (Å²) in [5.41, 5.74) is 1.23. The van der Waals surface area contributed by atoms with Crippen molar-refractivity contribution in [3.05, 3.63) is 62.5 Å². The van der Waals surface area contributed by atoms with E-state index in [1.807, 2.05) is 24.3 Å². The maximum absolute atomic E-state index is 12.5. The van der Waals surface area contributed by atoms with Gasteiger partial charge >= 0.3 is 5.97 Å². The lowest BCUT2D eigenvalue weighted by Gasteiger charge is -2.18. The Bertz CT molecular complexity index is 759. The van der Waals surface area contributed by atoms with Crippen LogP contribution in [0.15, 0.2) is 51.4 Å². The topological polar surface area (TPSA) is 64.6 Å². The van der Waals surface area contributed by atoms with E-state index in [1.54, 1.807) is 25.3 Å². The molecule has 0 bridgehead atoms. The molecule has 0 unspecified atom stereocenters. The van der Waals surface area contributed by atoms with Gasteiger partial charge < -0.3 is 14.8 Å². The summed E-state index contributed by atoms with van der Waals surface area (Å²) in [4.78, 5) is 24.7. The normalized spacial score (nSPS) is 11.5. The molecule has 5 nitrogen and oxygen atoms in total. The van der Waals surface area contributed by atoms with Crippen LogP contribution in [0.3, 0.4) is 0 Å². The molecule has 0 spiro atoms. The zero-order valence-corrected chi connectivity index (χ0v) is 16.9. The third kappa shape index (κ3) is 5.31. The van der Waals surface area contributed by atoms with Crippen LogP contribution >= 0.6 is 31.9 Å². The van der Waals surface area contributed by atoms with Gasteiger partial charge in [-0.3, -0.25) is 4.79 Å². The second kappa shape index (κ2) is 9.01. The predicted molar refractivity (Wildman–Crippen MR) is 102 cm³/mol. The quantitative estimate of drug-likeness (QED) is 0.653. The fraction of sp³-hybridized carbons (Fsp3) is 0.222. The van der Waals surface area contributed by atoms with Crippen LogP contribution in [0.1, 0.15) is 15.9 Å². The molecule has 2 aromatic rings. The maximum atomic E-state index is 12.5. The Morgan fingerprint density at radius 2 is 1.72 bits per heavy atom. The van der Waals surface area contributed by atoms with Crippen molar-refractivity contribution in [3.8, 4) is 5.75 Å². The van der Waals surface area contributed by atoms with E-state index in [0.29, 0.717) is 11.3 Å². The molecule has 7 heteroatoms. The van der Waals surface area contributed by atoms with Gasteiger partial charge in [0.05, 0.1) is 14.2 Å². The minimum atomic E-state index is -0.827. The number of hydrogen-bond acceptors (Lipinski definition) is 4. The highest BCUT2D eigenvalue weighted by atomic mass is 79.9. The molecule has 1 N–H and O–H groups in total. The Balaban J connectivity index is 2.23. The maximum Gasteiger partial charge on any atom is 0.328 e. The molecule has 25 heavy (non-hydrogen) atoms. The van der Waals surface area contributed by atoms with Crippen molar-refractivity contribution in [2.75, 3.05) is 14.2 Å². The molecule has 2 aromatic carbocycles. The third-order valence-corrected chi connectivity index (χ3v) is 4.45. The van der Waals surface area contributed by atoms with Crippen molar-refractivity contribution in [3.63, 3.8) is 0 Å². The van der Waals surface area contributed by atoms with Gasteiger partial charge in [0.25, 0.3) is 5.91 Å². The molecule has 0 radical (unpaired) electrons. The second-order valence-corrected chi connectivity index (χ2v) is 7.05. The Morgan fingerprint density at radius 1 is 1.08 bits per heavy atom. The number of hydrogen-bond donors (Lipinski definition) is 1. The summed E-state index contributed by atoms with van der Waals surface area (Å²) in [6, 6.07) is 11.7. The van der Waals surface area contributed by atoms with Crippen LogP contribution in [0.2, 0.25) is 0 Å². The lowest BCUT2D eigenvalue weighted by molar-refractivity contribution is -0.142. The van der Waals surface area contributed by atoms with Gasteiger partial charge in [0.15, 0.2) is 0 Å². The van der Waals surface area contributed by atoms with Crippen LogP contribution in [-0.2, 0) is 16.0 Å². The van der Waals surface area contributed by atoms with Gasteiger partial charge in [-0.15, -0.1) is 0 Å². The van der Waals surface area contributed by atoms with E-state index >= 15 is 0 Å². The smallest absolute Gasteiger partial charge is 0.328 e. The average molecular weight is 471 g/mol. The first-order valence-corrected chi connectivity index (χ1v) is 9.00. The van der Waals surface area contributed by atoms with Crippen LogP contribution < -0.4 is 10.1 Å². The SMILES string of the molecule is COC(=O)[C@H](Cc1ccccc1OC)NC(=O)c1cc(Br)cc(Br)c1. The number of ether oxygens (including phenoxy) is 2. The summed E-state index contributed by atoms with van der Waals surface area (Å²) in [7, 11) is 2.85. The summed E-state index contributed by atoms with van der Waals surface area (Å²) in [5.74, 6) is -0.239. The van der Waals surface area contributed by atoms with Gasteiger partial charge in [0.1, 0.15) is 11.8 Å². The van der Waals surface area contributed by atoms with Crippen LogP contribution in [0.4, 0.5) is 0 Å². The fourth-order valence-electron chi connectivity index (χ4n) is 2.35. The highest BCUT2D eigenvalue weighted by molar-refractivity contribution is 9.11. The van der Waals surface area contributed by atoms with E-state index in [0.717, 1.165) is 14.5 Å². The van der Waals surface area contributed by atoms with Gasteiger partial charge in [-0.1, -0.05) is 50.1 Å². The zero-order chi connectivity index (χ0) is 18.4. The number of carbonyl (C=O) groups is 2. The number of amides is 1. The van der Waals surface area contributed by atoms with Crippen molar-refractivity contribution in [2.45, 2.75) is 12.5 Å². The lowest BCUT2D eigenvalue weighted by Crippen LogP contribution is -2.43. The molecule has 0 aliphatic heterocycles. The molecule has 0 aromatic heterocycles. The summed E-state index contributed by atoms with van der Waals surface area (Å²) < 4.78 is 11.6. The molecular formula is C18H17Br2NO4. The van der Waals surface area contributed by atoms with Gasteiger partial charge in [0.2, 0.25) is 0 Å². The minimum absolute atomic E-state index is 0.262. The predicted octanol–water partition coefficient (Wildman–Crippen LogP) is 3.73. The molecule has 0 saturated carbocycles. The molecule has 2 rings (SSSR count). The Kier molecular flexibility index (Phi) is 7.01. The largest absolute Gasteiger partial charge is 0.496 e. The van der Waals surface area contributed by atoms with Crippen LogP contribution in [-0.4, -0.2) is 32.1 Å². The van der Waals surface area contributed by atoms with Crippen molar-refractivity contribution < 1.29 is 19.1 Å². The Hall–Kier alpha value is -1.86. The molecule has 0 fully saturated rings. The summed E-state index contributed by atoms with van der Waals surface area (Å²) in [5, 5.41) is 2.73. The molecule has 1 atom stereocenters. The second-order valence-electron chi connectivity index (χ2n) is 5.22. The van der Waals surface area contributed by atoms with E-state index in [4.69, 9.17) is 9.47 Å². The molecule has 132 valence electrons. The number of halogens is 2. The Morgan fingerprint density at radius 3 is 2.32 bits per heavy atom. The monoisotopic (exact) mass is 469 g/mol. The first-order chi connectivity index (χ1) is 11.9. The number of methoxy groups -OCH3 is 2. The highest BCUT2D eigenvalue weighted by Gasteiger charge is 2.24. The van der Waals surface area contributed by atoms with Gasteiger partial charge in [-0.2, -0.15) is 0 Å². The number of rotatable bonds is 6. The van der Waals surface area contributed by atoms with Crippen molar-refractivity contribution in [1.29, 1.82) is 0 Å². The molecule has 0 saturated heterocycles. The van der Waals surface area contributed by atoms with E-state index < -0.39 is 12.0 Å². The molecule has 0 heterocycles. The van der Waals surface area contributed by atoms with E-state index in [2.05, 4.69) is 37.2 Å². The number of esters is 1. The molecular weight excluding hydrogens is 454 g/mol. The number of carbonyl (C=O) groups excluding carboxylic acids is 2. The molecule has 0 aliphatic rings. The van der Waals surface area contributed by atoms with Gasteiger partial charge in [0, 0.05) is 20.9 Å². The number of benzene rings is 2. The third-order valence-electron chi connectivity index (χ3n) is 3.53. The Labute approximate surface area is 163 Å². The summed E-state index contributed by atoms with van der Waals surface area (Å²) in [6.45, 7) is 0. The first kappa shape index (κ1) is 19.5. The van der Waals surface area contributed by atoms with Gasteiger partial charge in [-0.25, -0.2) is 4.79 Å². The zero-order valence-electron chi connectivity index (χ0n) is 13.7. The average Bonchev–Trinajstić information content (AvgIpc) is 2.60. The van der Waals surface area contributed by atoms with Crippen LogP contribution in [0.25, 0.3) is 0 Å². The van der Waals surface area contributed by atoms with Crippen LogP contribution in [0, 0.1) is 0 Å². The number of para-hydroxylation sites is 1. The fourth-order valence-corrected chi connectivity index (χ4v) is 3.65. The van der Waals surface area contributed by atoms with E-state index in [1.165, 1.54) is 7.11 Å². The van der Waals surface area contributed by atoms with Crippen molar-refractivity contribution in [1.82, 2.24) is 5.32 Å². The van der Waals surface area contributed by atoms with Crippen molar-refractivity contribution >= 4 is 43.7 Å². The van der Waals surface area contributed by atoms with E-state index in [-0.39, 0.29) is 12.3 Å². The minimum Gasteiger partial charge on any atom is -0.496 e. The van der Waals surface area contributed by atoms with Crippen molar-refractivity contribution in [2.24, 2.45) is 0 Å². The molecule has 0 aliphatic carbocycles. The highest BCUT2D eigenvalue weighted by Crippen LogP contribution is 2.21. The summed E-state index contributed by atoms with van der Waals surface area (Å²) >= 11 is 6.69. The first-order valence-electron chi connectivity index (χ1n) is 7.41. The lowest BCUT2D eigenvalue weighted by atomic mass is 10.0.